The van der Waals surface area contributed by atoms with Crippen LogP contribution in [-0.2, 0) is 11.8 Å². The molecule has 2 heterocycles. The highest BCUT2D eigenvalue weighted by atomic mass is 35.5. The Morgan fingerprint density at radius 3 is 2.56 bits per heavy atom. The second-order valence-corrected chi connectivity index (χ2v) is 8.85. The number of fused-ring (bicyclic) bond motifs is 2. The van der Waals surface area contributed by atoms with E-state index < -0.39 is 0 Å². The third-order valence-electron chi connectivity index (χ3n) is 4.95. The molecule has 0 bridgehead atoms. The van der Waals surface area contributed by atoms with Crippen molar-refractivity contribution in [2.75, 3.05) is 11.1 Å². The number of nitrogens with one attached hydrogen (secondary N) is 1. The molecule has 160 valence electrons. The Labute approximate surface area is 197 Å². The number of imidazole rings is 1. The van der Waals surface area contributed by atoms with Gasteiger partial charge < -0.3 is 14.3 Å². The largest absolute Gasteiger partial charge is 0.431 e. The zero-order chi connectivity index (χ0) is 22.2. The second kappa shape index (κ2) is 8.50. The lowest BCUT2D eigenvalue weighted by Crippen LogP contribution is -2.13. The average Bonchev–Trinajstić information content (AvgIpc) is 3.34. The maximum absolute atomic E-state index is 12.3. The fraction of sp³-hybridized carbons (Fsp3) is 0.0870. The van der Waals surface area contributed by atoms with E-state index in [1.54, 1.807) is 12.1 Å². The highest BCUT2D eigenvalue weighted by molar-refractivity contribution is 7.99. The number of halogens is 2. The molecule has 0 aliphatic rings. The van der Waals surface area contributed by atoms with Crippen LogP contribution in [0, 0.1) is 0 Å². The first-order chi connectivity index (χ1) is 15.5. The van der Waals surface area contributed by atoms with E-state index in [0.717, 1.165) is 27.9 Å². The lowest BCUT2D eigenvalue weighted by atomic mass is 10.2. The van der Waals surface area contributed by atoms with Crippen molar-refractivity contribution in [1.82, 2.24) is 14.5 Å². The first-order valence-corrected chi connectivity index (χ1v) is 11.4. The summed E-state index contributed by atoms with van der Waals surface area (Å²) >= 11 is 13.5. The van der Waals surface area contributed by atoms with Gasteiger partial charge >= 0.3 is 0 Å². The summed E-state index contributed by atoms with van der Waals surface area (Å²) in [6.07, 6.45) is 0. The number of hydrogen-bond donors (Lipinski definition) is 1. The van der Waals surface area contributed by atoms with E-state index in [1.165, 1.54) is 11.8 Å². The van der Waals surface area contributed by atoms with Gasteiger partial charge in [-0.05, 0) is 48.5 Å². The molecule has 0 saturated carbocycles. The predicted molar refractivity (Wildman–Crippen MR) is 130 cm³/mol. The molecular formula is C23H16Cl2N4O2S. The molecule has 5 aromatic rings. The van der Waals surface area contributed by atoms with Gasteiger partial charge in [-0.1, -0.05) is 47.1 Å². The second-order valence-electron chi connectivity index (χ2n) is 7.11. The van der Waals surface area contributed by atoms with Gasteiger partial charge in [0.15, 0.2) is 5.58 Å². The van der Waals surface area contributed by atoms with Crippen LogP contribution >= 0.6 is 35.0 Å². The average molecular weight is 483 g/mol. The van der Waals surface area contributed by atoms with Crippen LogP contribution in [0.25, 0.3) is 33.5 Å². The van der Waals surface area contributed by atoms with E-state index in [1.807, 2.05) is 60.1 Å². The number of carbonyl (C=O) groups excluding carboxylic acids is 1. The van der Waals surface area contributed by atoms with Crippen LogP contribution in [-0.4, -0.2) is 26.2 Å². The Morgan fingerprint density at radius 2 is 1.78 bits per heavy atom. The lowest BCUT2D eigenvalue weighted by molar-refractivity contribution is -0.113. The molecule has 2 aromatic heterocycles. The first kappa shape index (κ1) is 20.9. The number of hydrogen-bond acceptors (Lipinski definition) is 5. The molecule has 0 fully saturated rings. The molecule has 9 heteroatoms. The van der Waals surface area contributed by atoms with Crippen molar-refractivity contribution < 1.29 is 9.21 Å². The van der Waals surface area contributed by atoms with Gasteiger partial charge in [-0.15, -0.1) is 0 Å². The number of nitrogens with zero attached hydrogens (tertiary/aromatic N) is 3. The summed E-state index contributed by atoms with van der Waals surface area (Å²) in [4.78, 5) is 21.4. The summed E-state index contributed by atoms with van der Waals surface area (Å²) in [5.41, 5.74) is 4.75. The molecule has 1 N–H and O–H groups in total. The third kappa shape index (κ3) is 4.07. The summed E-state index contributed by atoms with van der Waals surface area (Å²) in [6.45, 7) is 0. The van der Waals surface area contributed by atoms with Crippen LogP contribution < -0.4 is 5.32 Å². The molecule has 1 amide bonds. The Balaban J connectivity index is 1.27. The minimum atomic E-state index is -0.142. The van der Waals surface area contributed by atoms with Crippen LogP contribution in [0.2, 0.25) is 10.0 Å². The number of oxazole rings is 1. The first-order valence-electron chi connectivity index (χ1n) is 9.68. The topological polar surface area (TPSA) is 73.0 Å². The number of aryl methyl sites for hydroxylation is 1. The summed E-state index contributed by atoms with van der Waals surface area (Å²) in [6, 6.07) is 18.6. The van der Waals surface area contributed by atoms with E-state index in [9.17, 15) is 4.79 Å². The van der Waals surface area contributed by atoms with Crippen LogP contribution in [0.3, 0.4) is 0 Å². The van der Waals surface area contributed by atoms with Crippen molar-refractivity contribution in [2.24, 2.45) is 7.05 Å². The van der Waals surface area contributed by atoms with E-state index in [4.69, 9.17) is 27.6 Å². The van der Waals surface area contributed by atoms with Crippen molar-refractivity contribution >= 4 is 68.7 Å². The van der Waals surface area contributed by atoms with Crippen LogP contribution in [0.1, 0.15) is 0 Å². The molecule has 0 saturated heterocycles. The molecule has 0 aliphatic heterocycles. The number of aromatic nitrogens is 3. The molecule has 0 radical (unpaired) electrons. The van der Waals surface area contributed by atoms with Gasteiger partial charge in [-0.2, -0.15) is 0 Å². The maximum Gasteiger partial charge on any atom is 0.257 e. The van der Waals surface area contributed by atoms with Gasteiger partial charge in [0, 0.05) is 18.3 Å². The number of benzene rings is 3. The van der Waals surface area contributed by atoms with Gasteiger partial charge in [0.05, 0.1) is 26.8 Å². The normalized spacial score (nSPS) is 11.3. The number of rotatable bonds is 5. The van der Waals surface area contributed by atoms with Crippen molar-refractivity contribution in [3.8, 4) is 11.4 Å². The Kier molecular flexibility index (Phi) is 5.55. The highest BCUT2D eigenvalue weighted by Gasteiger charge is 2.13. The standard InChI is InChI=1S/C23H16Cl2N4O2S/c1-29-19-11-16(25)15(24)10-18(19)27-22(29)13-6-8-14(9-7-13)26-21(30)12-32-23-28-17-4-2-3-5-20(17)31-23/h2-11H,12H2,1H3,(H,26,30). The minimum absolute atomic E-state index is 0.142. The molecule has 32 heavy (non-hydrogen) atoms. The Bertz CT molecular complexity index is 1430. The number of thioether (sulfide) groups is 1. The Morgan fingerprint density at radius 1 is 1.03 bits per heavy atom. The van der Waals surface area contributed by atoms with Gasteiger partial charge in [-0.3, -0.25) is 4.79 Å². The van der Waals surface area contributed by atoms with Crippen LogP contribution in [0.4, 0.5) is 5.69 Å². The zero-order valence-corrected chi connectivity index (χ0v) is 19.1. The van der Waals surface area contributed by atoms with Crippen molar-refractivity contribution in [3.63, 3.8) is 0 Å². The molecule has 6 nitrogen and oxygen atoms in total. The summed E-state index contributed by atoms with van der Waals surface area (Å²) < 4.78 is 7.59. The molecule has 0 atom stereocenters. The Hall–Kier alpha value is -3.00. The summed E-state index contributed by atoms with van der Waals surface area (Å²) in [5.74, 6) is 0.834. The van der Waals surface area contributed by atoms with Gasteiger partial charge in [0.1, 0.15) is 11.3 Å². The fourth-order valence-electron chi connectivity index (χ4n) is 3.39. The summed E-state index contributed by atoms with van der Waals surface area (Å²) in [5, 5.41) is 4.32. The quantitative estimate of drug-likeness (QED) is 0.292. The van der Waals surface area contributed by atoms with Crippen LogP contribution in [0.5, 0.6) is 0 Å². The highest BCUT2D eigenvalue weighted by Crippen LogP contribution is 2.31. The lowest BCUT2D eigenvalue weighted by Gasteiger charge is -2.06. The van der Waals surface area contributed by atoms with Crippen molar-refractivity contribution in [2.45, 2.75) is 5.22 Å². The van der Waals surface area contributed by atoms with E-state index in [0.29, 0.717) is 26.5 Å². The smallest absolute Gasteiger partial charge is 0.257 e. The summed E-state index contributed by atoms with van der Waals surface area (Å²) in [7, 11) is 1.92. The van der Waals surface area contributed by atoms with Crippen LogP contribution in [0.15, 0.2) is 70.3 Å². The molecule has 3 aromatic carbocycles. The number of carbonyl (C=O) groups is 1. The zero-order valence-electron chi connectivity index (χ0n) is 16.8. The maximum atomic E-state index is 12.3. The number of para-hydroxylation sites is 2. The van der Waals surface area contributed by atoms with Gasteiger partial charge in [0.25, 0.3) is 5.22 Å². The molecule has 0 spiro atoms. The molecular weight excluding hydrogens is 467 g/mol. The van der Waals surface area contributed by atoms with E-state index in [2.05, 4.69) is 15.3 Å². The van der Waals surface area contributed by atoms with Gasteiger partial charge in [0.2, 0.25) is 5.91 Å². The van der Waals surface area contributed by atoms with Gasteiger partial charge in [-0.25, -0.2) is 9.97 Å². The van der Waals surface area contributed by atoms with E-state index >= 15 is 0 Å². The third-order valence-corrected chi connectivity index (χ3v) is 6.50. The molecule has 5 rings (SSSR count). The predicted octanol–water partition coefficient (Wildman–Crippen LogP) is 6.42. The van der Waals surface area contributed by atoms with Crippen molar-refractivity contribution in [3.05, 3.63) is 70.7 Å². The number of anilines is 1. The molecule has 0 aliphatic carbocycles. The fourth-order valence-corrected chi connectivity index (χ4v) is 4.34. The minimum Gasteiger partial charge on any atom is -0.431 e. The number of amides is 1. The SMILES string of the molecule is Cn1c(-c2ccc(NC(=O)CSc3nc4ccccc4o3)cc2)nc2cc(Cl)c(Cl)cc21. The van der Waals surface area contributed by atoms with E-state index in [-0.39, 0.29) is 11.7 Å². The monoisotopic (exact) mass is 482 g/mol. The molecule has 0 unspecified atom stereocenters. The van der Waals surface area contributed by atoms with Crippen molar-refractivity contribution in [1.29, 1.82) is 0 Å².